The van der Waals surface area contributed by atoms with E-state index in [1.807, 2.05) is 37.3 Å². The number of rotatable bonds is 5. The molecule has 1 amide bonds. The number of carbonyl (C=O) groups is 1. The molecule has 1 atom stereocenters. The topological polar surface area (TPSA) is 54.0 Å². The molecule has 3 rings (SSSR count). The van der Waals surface area contributed by atoms with Crippen LogP contribution in [0.5, 0.6) is 0 Å². The Morgan fingerprint density at radius 2 is 1.85 bits per heavy atom. The Kier molecular flexibility index (Phi) is 5.54. The smallest absolute Gasteiger partial charge is 0.257 e. The minimum atomic E-state index is -0.216. The number of carbonyl (C=O) groups excluding carboxylic acids is 1. The molecular weight excluding hydrogens is 346 g/mol. The molecular formula is C21H20ClN3O. The lowest BCUT2D eigenvalue weighted by molar-refractivity contribution is 0.102. The molecule has 2 N–H and O–H groups in total. The van der Waals surface area contributed by atoms with Crippen molar-refractivity contribution in [2.24, 2.45) is 0 Å². The molecule has 0 radical (unpaired) electrons. The highest BCUT2D eigenvalue weighted by atomic mass is 35.5. The number of aromatic nitrogens is 1. The second-order valence-corrected chi connectivity index (χ2v) is 6.52. The molecule has 4 nitrogen and oxygen atoms in total. The van der Waals surface area contributed by atoms with Gasteiger partial charge in [0.2, 0.25) is 0 Å². The molecule has 0 saturated carbocycles. The molecule has 0 aliphatic heterocycles. The maximum Gasteiger partial charge on any atom is 0.257 e. The Hall–Kier alpha value is -2.85. The number of hydrogen-bond donors (Lipinski definition) is 2. The minimum absolute atomic E-state index is 0.118. The van der Waals surface area contributed by atoms with Gasteiger partial charge in [0.05, 0.1) is 16.3 Å². The van der Waals surface area contributed by atoms with Crippen LogP contribution < -0.4 is 10.6 Å². The highest BCUT2D eigenvalue weighted by Crippen LogP contribution is 2.29. The molecule has 132 valence electrons. The second-order valence-electron chi connectivity index (χ2n) is 6.11. The predicted molar refractivity (Wildman–Crippen MR) is 107 cm³/mol. The van der Waals surface area contributed by atoms with Crippen LogP contribution in [0, 0.1) is 6.92 Å². The molecule has 0 saturated heterocycles. The van der Waals surface area contributed by atoms with Gasteiger partial charge in [-0.3, -0.25) is 9.78 Å². The highest BCUT2D eigenvalue weighted by molar-refractivity contribution is 6.33. The van der Waals surface area contributed by atoms with Gasteiger partial charge in [-0.05, 0) is 49.7 Å². The molecule has 0 aliphatic rings. The molecule has 26 heavy (non-hydrogen) atoms. The number of amides is 1. The van der Waals surface area contributed by atoms with Crippen molar-refractivity contribution in [2.45, 2.75) is 19.9 Å². The first-order valence-electron chi connectivity index (χ1n) is 8.38. The van der Waals surface area contributed by atoms with Gasteiger partial charge < -0.3 is 10.6 Å². The lowest BCUT2D eigenvalue weighted by atomic mass is 10.1. The van der Waals surface area contributed by atoms with E-state index in [1.54, 1.807) is 24.4 Å². The zero-order valence-corrected chi connectivity index (χ0v) is 15.4. The van der Waals surface area contributed by atoms with Crippen molar-refractivity contribution < 1.29 is 4.79 Å². The Morgan fingerprint density at radius 3 is 2.50 bits per heavy atom. The standard InChI is InChI=1S/C21H20ClN3O/c1-14-8-9-17(13-23-14)21(26)25-18-10-11-20(19(22)12-18)24-15(2)16-6-4-3-5-7-16/h3-13,15,24H,1-2H3,(H,25,26). The van der Waals surface area contributed by atoms with Crippen LogP contribution in [0.15, 0.2) is 66.9 Å². The van der Waals surface area contributed by atoms with Crippen LogP contribution >= 0.6 is 11.6 Å². The van der Waals surface area contributed by atoms with Gasteiger partial charge in [0.25, 0.3) is 5.91 Å². The van der Waals surface area contributed by atoms with Crippen LogP contribution in [0.3, 0.4) is 0 Å². The largest absolute Gasteiger partial charge is 0.377 e. The predicted octanol–water partition coefficient (Wildman–Crippen LogP) is 5.47. The molecule has 1 heterocycles. The van der Waals surface area contributed by atoms with E-state index < -0.39 is 0 Å². The maximum absolute atomic E-state index is 12.3. The van der Waals surface area contributed by atoms with Crippen molar-refractivity contribution in [3.05, 3.63) is 88.7 Å². The average molecular weight is 366 g/mol. The summed E-state index contributed by atoms with van der Waals surface area (Å²) in [6, 6.07) is 19.2. The first-order chi connectivity index (χ1) is 12.5. The fourth-order valence-corrected chi connectivity index (χ4v) is 2.81. The third-order valence-electron chi connectivity index (χ3n) is 4.07. The maximum atomic E-state index is 12.3. The Labute approximate surface area is 158 Å². The number of benzene rings is 2. The van der Waals surface area contributed by atoms with E-state index in [2.05, 4.69) is 34.7 Å². The normalized spacial score (nSPS) is 11.7. The lowest BCUT2D eigenvalue weighted by Crippen LogP contribution is -2.12. The fourth-order valence-electron chi connectivity index (χ4n) is 2.57. The number of hydrogen-bond acceptors (Lipinski definition) is 3. The summed E-state index contributed by atoms with van der Waals surface area (Å²) in [4.78, 5) is 16.4. The van der Waals surface area contributed by atoms with Gasteiger partial charge in [0, 0.05) is 23.6 Å². The number of nitrogens with zero attached hydrogens (tertiary/aromatic N) is 1. The quantitative estimate of drug-likeness (QED) is 0.630. The Balaban J connectivity index is 1.69. The molecule has 0 spiro atoms. The highest BCUT2D eigenvalue weighted by Gasteiger charge is 2.10. The van der Waals surface area contributed by atoms with Crippen molar-refractivity contribution >= 4 is 28.9 Å². The molecule has 1 aromatic heterocycles. The van der Waals surface area contributed by atoms with Gasteiger partial charge in [-0.25, -0.2) is 0 Å². The van der Waals surface area contributed by atoms with E-state index in [4.69, 9.17) is 11.6 Å². The van der Waals surface area contributed by atoms with Crippen molar-refractivity contribution in [1.29, 1.82) is 0 Å². The molecule has 2 aromatic carbocycles. The first kappa shape index (κ1) is 18.0. The molecule has 1 unspecified atom stereocenters. The summed E-state index contributed by atoms with van der Waals surface area (Å²) < 4.78 is 0. The fraction of sp³-hybridized carbons (Fsp3) is 0.143. The van der Waals surface area contributed by atoms with Gasteiger partial charge in [0.1, 0.15) is 0 Å². The van der Waals surface area contributed by atoms with E-state index in [1.165, 1.54) is 5.56 Å². The van der Waals surface area contributed by atoms with E-state index in [9.17, 15) is 4.79 Å². The van der Waals surface area contributed by atoms with Gasteiger partial charge in [0.15, 0.2) is 0 Å². The summed E-state index contributed by atoms with van der Waals surface area (Å²) in [6.07, 6.45) is 1.56. The van der Waals surface area contributed by atoms with Crippen LogP contribution in [0.25, 0.3) is 0 Å². The monoisotopic (exact) mass is 365 g/mol. The van der Waals surface area contributed by atoms with Crippen molar-refractivity contribution in [2.75, 3.05) is 10.6 Å². The summed E-state index contributed by atoms with van der Waals surface area (Å²) in [7, 11) is 0. The zero-order chi connectivity index (χ0) is 18.5. The molecule has 5 heteroatoms. The van der Waals surface area contributed by atoms with Crippen LogP contribution in [0.1, 0.15) is 34.6 Å². The summed E-state index contributed by atoms with van der Waals surface area (Å²) in [5, 5.41) is 6.78. The van der Waals surface area contributed by atoms with E-state index in [-0.39, 0.29) is 11.9 Å². The van der Waals surface area contributed by atoms with Crippen LogP contribution in [0.4, 0.5) is 11.4 Å². The van der Waals surface area contributed by atoms with Crippen molar-refractivity contribution in [3.63, 3.8) is 0 Å². The number of anilines is 2. The summed E-state index contributed by atoms with van der Waals surface area (Å²) >= 11 is 6.39. The summed E-state index contributed by atoms with van der Waals surface area (Å²) in [5.41, 5.74) is 4.00. The van der Waals surface area contributed by atoms with E-state index >= 15 is 0 Å². The summed E-state index contributed by atoms with van der Waals surface area (Å²) in [6.45, 7) is 3.95. The minimum Gasteiger partial charge on any atom is -0.377 e. The van der Waals surface area contributed by atoms with Crippen LogP contribution in [-0.4, -0.2) is 10.9 Å². The van der Waals surface area contributed by atoms with Gasteiger partial charge in [-0.15, -0.1) is 0 Å². The van der Waals surface area contributed by atoms with Gasteiger partial charge in [-0.1, -0.05) is 41.9 Å². The third-order valence-corrected chi connectivity index (χ3v) is 4.38. The number of aryl methyl sites for hydroxylation is 1. The summed E-state index contributed by atoms with van der Waals surface area (Å²) in [5.74, 6) is -0.216. The first-order valence-corrected chi connectivity index (χ1v) is 8.76. The molecule has 0 bridgehead atoms. The Morgan fingerprint density at radius 1 is 1.08 bits per heavy atom. The second kappa shape index (κ2) is 8.02. The van der Waals surface area contributed by atoms with Crippen molar-refractivity contribution in [1.82, 2.24) is 4.98 Å². The van der Waals surface area contributed by atoms with E-state index in [0.717, 1.165) is 11.4 Å². The average Bonchev–Trinajstić information content (AvgIpc) is 2.65. The van der Waals surface area contributed by atoms with Crippen LogP contribution in [0.2, 0.25) is 5.02 Å². The van der Waals surface area contributed by atoms with Crippen molar-refractivity contribution in [3.8, 4) is 0 Å². The molecule has 0 aliphatic carbocycles. The van der Waals surface area contributed by atoms with Crippen LogP contribution in [-0.2, 0) is 0 Å². The zero-order valence-electron chi connectivity index (χ0n) is 14.7. The number of halogens is 1. The number of pyridine rings is 1. The lowest BCUT2D eigenvalue weighted by Gasteiger charge is -2.17. The molecule has 0 fully saturated rings. The van der Waals surface area contributed by atoms with E-state index in [0.29, 0.717) is 16.3 Å². The SMILES string of the molecule is Cc1ccc(C(=O)Nc2ccc(NC(C)c3ccccc3)c(Cl)c2)cn1. The third kappa shape index (κ3) is 4.41. The number of nitrogens with one attached hydrogen (secondary N) is 2. The van der Waals surface area contributed by atoms with Gasteiger partial charge in [-0.2, -0.15) is 0 Å². The molecule has 3 aromatic rings. The van der Waals surface area contributed by atoms with Gasteiger partial charge >= 0.3 is 0 Å². The Bertz CT molecular complexity index is 895.